The lowest BCUT2D eigenvalue weighted by Crippen LogP contribution is -2.12. The number of carbonyl (C=O) groups is 1. The van der Waals surface area contributed by atoms with Crippen LogP contribution >= 0.6 is 31.9 Å². The molecule has 0 radical (unpaired) electrons. The number of hydrazone groups is 1. The molecular formula is C20H16Br2N2O2. The van der Waals surface area contributed by atoms with Gasteiger partial charge in [0.1, 0.15) is 12.4 Å². The fourth-order valence-electron chi connectivity index (χ4n) is 2.47. The standard InChI is InChI=1S/C20H16Br2N2O2/c1-13(25)24-23-11-15-9-18(21)20(19(22)10-15)26-12-14-6-7-16-4-2-3-5-17(16)8-14/h2-11H,12H2,1H3,(H,24,25)/b23-11-. The summed E-state index contributed by atoms with van der Waals surface area (Å²) in [6, 6.07) is 18.3. The first-order valence-electron chi connectivity index (χ1n) is 7.92. The fraction of sp³-hybridized carbons (Fsp3) is 0.100. The van der Waals surface area contributed by atoms with Crippen LogP contribution in [0.5, 0.6) is 5.75 Å². The SMILES string of the molecule is CC(=O)N/N=C\c1cc(Br)c(OCc2ccc3ccccc3c2)c(Br)c1. The minimum absolute atomic E-state index is 0.213. The van der Waals surface area contributed by atoms with E-state index >= 15 is 0 Å². The molecule has 4 nitrogen and oxygen atoms in total. The van der Waals surface area contributed by atoms with E-state index in [4.69, 9.17) is 4.74 Å². The first-order chi connectivity index (χ1) is 12.5. The Kier molecular flexibility index (Phi) is 6.06. The highest BCUT2D eigenvalue weighted by molar-refractivity contribution is 9.11. The van der Waals surface area contributed by atoms with Crippen LogP contribution in [0, 0.1) is 0 Å². The third-order valence-corrected chi connectivity index (χ3v) is 4.83. The monoisotopic (exact) mass is 474 g/mol. The summed E-state index contributed by atoms with van der Waals surface area (Å²) in [6.45, 7) is 1.87. The highest BCUT2D eigenvalue weighted by Gasteiger charge is 2.09. The fourth-order valence-corrected chi connectivity index (χ4v) is 3.92. The number of rotatable bonds is 5. The maximum absolute atomic E-state index is 10.9. The zero-order valence-electron chi connectivity index (χ0n) is 14.0. The van der Waals surface area contributed by atoms with Crippen molar-refractivity contribution in [2.24, 2.45) is 5.10 Å². The Morgan fingerprint density at radius 1 is 1.08 bits per heavy atom. The van der Waals surface area contributed by atoms with Crippen LogP contribution in [0.25, 0.3) is 10.8 Å². The molecule has 0 unspecified atom stereocenters. The third kappa shape index (κ3) is 4.71. The number of halogens is 2. The summed E-state index contributed by atoms with van der Waals surface area (Å²) in [4.78, 5) is 10.9. The molecule has 3 aromatic carbocycles. The summed E-state index contributed by atoms with van der Waals surface area (Å²) >= 11 is 7.06. The third-order valence-electron chi connectivity index (χ3n) is 3.65. The predicted molar refractivity (Wildman–Crippen MR) is 112 cm³/mol. The van der Waals surface area contributed by atoms with Crippen molar-refractivity contribution in [1.29, 1.82) is 0 Å². The molecule has 0 fully saturated rings. The number of nitrogens with zero attached hydrogens (tertiary/aromatic N) is 1. The van der Waals surface area contributed by atoms with E-state index in [-0.39, 0.29) is 5.91 Å². The quantitative estimate of drug-likeness (QED) is 0.396. The molecule has 0 heterocycles. The number of fused-ring (bicyclic) bond motifs is 1. The second kappa shape index (κ2) is 8.47. The van der Waals surface area contributed by atoms with Gasteiger partial charge in [0.05, 0.1) is 15.2 Å². The molecule has 0 atom stereocenters. The van der Waals surface area contributed by atoms with Gasteiger partial charge in [-0.15, -0.1) is 0 Å². The van der Waals surface area contributed by atoms with Crippen molar-refractivity contribution in [3.05, 3.63) is 74.7 Å². The molecule has 1 N–H and O–H groups in total. The van der Waals surface area contributed by atoms with E-state index in [1.807, 2.05) is 24.3 Å². The van der Waals surface area contributed by atoms with Gasteiger partial charge in [-0.1, -0.05) is 36.4 Å². The predicted octanol–water partition coefficient (Wildman–Crippen LogP) is 5.41. The second-order valence-electron chi connectivity index (χ2n) is 5.71. The van der Waals surface area contributed by atoms with Crippen LogP contribution in [-0.2, 0) is 11.4 Å². The van der Waals surface area contributed by atoms with Gasteiger partial charge in [-0.25, -0.2) is 5.43 Å². The Balaban J connectivity index is 1.74. The van der Waals surface area contributed by atoms with Crippen LogP contribution in [0.2, 0.25) is 0 Å². The molecule has 0 saturated heterocycles. The molecule has 6 heteroatoms. The molecule has 26 heavy (non-hydrogen) atoms. The van der Waals surface area contributed by atoms with Crippen molar-refractivity contribution < 1.29 is 9.53 Å². The van der Waals surface area contributed by atoms with Gasteiger partial charge in [0, 0.05) is 6.92 Å². The lowest BCUT2D eigenvalue weighted by Gasteiger charge is -2.12. The normalized spacial score (nSPS) is 11.0. The van der Waals surface area contributed by atoms with E-state index in [9.17, 15) is 4.79 Å². The molecule has 1 amide bonds. The molecule has 132 valence electrons. The van der Waals surface area contributed by atoms with Crippen molar-refractivity contribution in [3.63, 3.8) is 0 Å². The van der Waals surface area contributed by atoms with Crippen molar-refractivity contribution >= 4 is 54.8 Å². The van der Waals surface area contributed by atoms with Crippen molar-refractivity contribution in [2.75, 3.05) is 0 Å². The zero-order chi connectivity index (χ0) is 18.5. The van der Waals surface area contributed by atoms with Crippen LogP contribution in [0.3, 0.4) is 0 Å². The minimum atomic E-state index is -0.213. The van der Waals surface area contributed by atoms with Crippen LogP contribution in [0.15, 0.2) is 68.6 Å². The maximum atomic E-state index is 10.9. The molecule has 0 aliphatic rings. The van der Waals surface area contributed by atoms with E-state index in [0.29, 0.717) is 6.61 Å². The number of benzene rings is 3. The molecule has 3 rings (SSSR count). The molecular weight excluding hydrogens is 460 g/mol. The maximum Gasteiger partial charge on any atom is 0.236 e. The van der Waals surface area contributed by atoms with E-state index in [2.05, 4.69) is 72.7 Å². The smallest absolute Gasteiger partial charge is 0.236 e. The van der Waals surface area contributed by atoms with E-state index in [1.165, 1.54) is 17.7 Å². The summed E-state index contributed by atoms with van der Waals surface area (Å²) in [6.07, 6.45) is 1.57. The van der Waals surface area contributed by atoms with Crippen LogP contribution in [0.1, 0.15) is 18.1 Å². The Hall–Kier alpha value is -2.18. The number of carbonyl (C=O) groups excluding carboxylic acids is 1. The topological polar surface area (TPSA) is 50.7 Å². The van der Waals surface area contributed by atoms with Gasteiger partial charge in [0.2, 0.25) is 5.91 Å². The van der Waals surface area contributed by atoms with E-state index < -0.39 is 0 Å². The zero-order valence-corrected chi connectivity index (χ0v) is 17.2. The minimum Gasteiger partial charge on any atom is -0.487 e. The van der Waals surface area contributed by atoms with Gasteiger partial charge in [0.25, 0.3) is 0 Å². The number of ether oxygens (including phenoxy) is 1. The van der Waals surface area contributed by atoms with Gasteiger partial charge in [0.15, 0.2) is 0 Å². The summed E-state index contributed by atoms with van der Waals surface area (Å²) < 4.78 is 7.60. The number of hydrogen-bond acceptors (Lipinski definition) is 3. The van der Waals surface area contributed by atoms with Gasteiger partial charge < -0.3 is 4.74 Å². The van der Waals surface area contributed by atoms with Gasteiger partial charge in [-0.05, 0) is 72.0 Å². The molecule has 0 aliphatic heterocycles. The Morgan fingerprint density at radius 2 is 1.77 bits per heavy atom. The summed E-state index contributed by atoms with van der Waals surface area (Å²) in [5.41, 5.74) is 4.30. The first kappa shape index (κ1) is 18.6. The molecule has 0 aromatic heterocycles. The average molecular weight is 476 g/mol. The second-order valence-corrected chi connectivity index (χ2v) is 7.42. The first-order valence-corrected chi connectivity index (χ1v) is 9.51. The van der Waals surface area contributed by atoms with E-state index in [0.717, 1.165) is 25.8 Å². The Morgan fingerprint density at radius 3 is 2.46 bits per heavy atom. The molecule has 3 aromatic rings. The lowest BCUT2D eigenvalue weighted by atomic mass is 10.1. The van der Waals surface area contributed by atoms with Gasteiger partial charge in [-0.3, -0.25) is 4.79 Å². The number of nitrogens with one attached hydrogen (secondary N) is 1. The number of amides is 1. The Labute approximate surface area is 168 Å². The molecule has 0 spiro atoms. The van der Waals surface area contributed by atoms with Crippen molar-refractivity contribution in [2.45, 2.75) is 13.5 Å². The summed E-state index contributed by atoms with van der Waals surface area (Å²) in [7, 11) is 0. The van der Waals surface area contributed by atoms with Crippen molar-refractivity contribution in [3.8, 4) is 5.75 Å². The lowest BCUT2D eigenvalue weighted by molar-refractivity contribution is -0.118. The largest absolute Gasteiger partial charge is 0.487 e. The summed E-state index contributed by atoms with van der Waals surface area (Å²) in [5.74, 6) is 0.504. The highest BCUT2D eigenvalue weighted by atomic mass is 79.9. The van der Waals surface area contributed by atoms with Crippen molar-refractivity contribution in [1.82, 2.24) is 5.43 Å². The van der Waals surface area contributed by atoms with E-state index in [1.54, 1.807) is 6.21 Å². The number of hydrogen-bond donors (Lipinski definition) is 1. The molecule has 0 saturated carbocycles. The highest BCUT2D eigenvalue weighted by Crippen LogP contribution is 2.35. The summed E-state index contributed by atoms with van der Waals surface area (Å²) in [5, 5.41) is 6.27. The molecule has 0 bridgehead atoms. The van der Waals surface area contributed by atoms with Gasteiger partial charge in [-0.2, -0.15) is 5.10 Å². The Bertz CT molecular complexity index is 963. The van der Waals surface area contributed by atoms with Crippen LogP contribution < -0.4 is 10.2 Å². The molecule has 0 aliphatic carbocycles. The van der Waals surface area contributed by atoms with Gasteiger partial charge >= 0.3 is 0 Å². The average Bonchev–Trinajstić information content (AvgIpc) is 2.60. The van der Waals surface area contributed by atoms with Crippen LogP contribution in [-0.4, -0.2) is 12.1 Å². The van der Waals surface area contributed by atoms with Crippen LogP contribution in [0.4, 0.5) is 0 Å².